The maximum absolute atomic E-state index is 10.6. The van der Waals surface area contributed by atoms with Gasteiger partial charge in [0.05, 0.1) is 12.5 Å². The van der Waals surface area contributed by atoms with Crippen molar-refractivity contribution in [3.8, 4) is 16.9 Å². The van der Waals surface area contributed by atoms with Crippen LogP contribution in [0.25, 0.3) is 11.1 Å². The molecular formula is C28H32Cl2N2O3. The fourth-order valence-corrected chi connectivity index (χ4v) is 4.20. The summed E-state index contributed by atoms with van der Waals surface area (Å²) in [5.74, 6) is 0.0178. The summed E-state index contributed by atoms with van der Waals surface area (Å²) in [5, 5.41) is 16.7. The number of carboxylic acid groups (broad SMARTS) is 1. The van der Waals surface area contributed by atoms with Gasteiger partial charge >= 0.3 is 5.97 Å². The number of aliphatic carboxylic acids is 1. The van der Waals surface area contributed by atoms with E-state index in [9.17, 15) is 4.79 Å². The summed E-state index contributed by atoms with van der Waals surface area (Å²) in [5.41, 5.74) is 4.10. The minimum Gasteiger partial charge on any atom is -0.491 e. The summed E-state index contributed by atoms with van der Waals surface area (Å²) in [7, 11) is 0. The average molecular weight is 515 g/mol. The topological polar surface area (TPSA) is 70.6 Å². The molecule has 0 saturated carbocycles. The standard InChI is InChI=1S/C28H32Cl2N2O3/c1-2-3-4-24(32-23-10-5-20(6-11-23)18-31-16-15-28(33)34)19-35-25-12-7-21(8-13-25)26-14-9-22(29)17-27(26)30/h5-14,17,24,31-32H,2-4,15-16,18-19H2,1H3,(H,33,34)/t24-/m0/s1. The van der Waals surface area contributed by atoms with E-state index in [1.807, 2.05) is 36.4 Å². The van der Waals surface area contributed by atoms with E-state index in [1.54, 1.807) is 6.07 Å². The van der Waals surface area contributed by atoms with Gasteiger partial charge in [-0.25, -0.2) is 0 Å². The molecule has 7 heteroatoms. The Kier molecular flexibility index (Phi) is 10.7. The van der Waals surface area contributed by atoms with Crippen molar-refractivity contribution < 1.29 is 14.6 Å². The van der Waals surface area contributed by atoms with E-state index < -0.39 is 5.97 Å². The van der Waals surface area contributed by atoms with Gasteiger partial charge in [0.25, 0.3) is 0 Å². The fourth-order valence-electron chi connectivity index (χ4n) is 3.68. The maximum Gasteiger partial charge on any atom is 0.304 e. The molecule has 5 nitrogen and oxygen atoms in total. The lowest BCUT2D eigenvalue weighted by atomic mass is 10.1. The molecule has 0 fully saturated rings. The summed E-state index contributed by atoms with van der Waals surface area (Å²) in [4.78, 5) is 10.6. The van der Waals surface area contributed by atoms with Gasteiger partial charge in [0.2, 0.25) is 0 Å². The van der Waals surface area contributed by atoms with Gasteiger partial charge in [0, 0.05) is 34.4 Å². The second-order valence-corrected chi connectivity index (χ2v) is 9.30. The predicted molar refractivity (Wildman–Crippen MR) is 145 cm³/mol. The zero-order chi connectivity index (χ0) is 25.0. The highest BCUT2D eigenvalue weighted by Gasteiger charge is 2.11. The first-order chi connectivity index (χ1) is 16.9. The molecule has 0 unspecified atom stereocenters. The van der Waals surface area contributed by atoms with Gasteiger partial charge in [0.1, 0.15) is 12.4 Å². The van der Waals surface area contributed by atoms with Crippen LogP contribution in [0.3, 0.4) is 0 Å². The van der Waals surface area contributed by atoms with Gasteiger partial charge in [-0.2, -0.15) is 0 Å². The molecule has 35 heavy (non-hydrogen) atoms. The third kappa shape index (κ3) is 9.10. The lowest BCUT2D eigenvalue weighted by molar-refractivity contribution is -0.136. The number of anilines is 1. The Morgan fingerprint density at radius 1 is 1.03 bits per heavy atom. The minimum absolute atomic E-state index is 0.121. The highest BCUT2D eigenvalue weighted by molar-refractivity contribution is 6.36. The van der Waals surface area contributed by atoms with Crippen LogP contribution in [0.1, 0.15) is 38.2 Å². The molecule has 1 atom stereocenters. The SMILES string of the molecule is CCCC[C@@H](COc1ccc(-c2ccc(Cl)cc2Cl)cc1)Nc1ccc(CNCCC(=O)O)cc1. The first-order valence-electron chi connectivity index (χ1n) is 11.9. The molecule has 0 aliphatic rings. The van der Waals surface area contributed by atoms with Crippen LogP contribution in [0.2, 0.25) is 10.0 Å². The van der Waals surface area contributed by atoms with Crippen LogP contribution in [-0.4, -0.2) is 30.3 Å². The molecule has 0 amide bonds. The van der Waals surface area contributed by atoms with Gasteiger partial charge in [-0.1, -0.05) is 73.3 Å². The molecule has 186 valence electrons. The monoisotopic (exact) mass is 514 g/mol. The van der Waals surface area contributed by atoms with Gasteiger partial charge in [0.15, 0.2) is 0 Å². The minimum atomic E-state index is -0.792. The molecule has 0 aromatic heterocycles. The zero-order valence-electron chi connectivity index (χ0n) is 19.9. The quantitative estimate of drug-likeness (QED) is 0.197. The molecule has 3 N–H and O–H groups in total. The number of ether oxygens (including phenoxy) is 1. The molecule has 0 spiro atoms. The van der Waals surface area contributed by atoms with E-state index >= 15 is 0 Å². The Morgan fingerprint density at radius 3 is 2.43 bits per heavy atom. The highest BCUT2D eigenvalue weighted by atomic mass is 35.5. The Labute approximate surface area is 217 Å². The molecule has 0 aliphatic carbocycles. The number of carbonyl (C=O) groups is 1. The average Bonchev–Trinajstić information content (AvgIpc) is 2.85. The van der Waals surface area contributed by atoms with Crippen LogP contribution in [-0.2, 0) is 11.3 Å². The number of nitrogens with one attached hydrogen (secondary N) is 2. The van der Waals surface area contributed by atoms with Gasteiger partial charge in [-0.3, -0.25) is 4.79 Å². The van der Waals surface area contributed by atoms with E-state index in [2.05, 4.69) is 41.8 Å². The Bertz CT molecular complexity index is 1070. The molecular weight excluding hydrogens is 483 g/mol. The Hall–Kier alpha value is -2.73. The maximum atomic E-state index is 10.6. The van der Waals surface area contributed by atoms with E-state index in [4.69, 9.17) is 33.0 Å². The van der Waals surface area contributed by atoms with Gasteiger partial charge < -0.3 is 20.5 Å². The van der Waals surface area contributed by atoms with Crippen molar-refractivity contribution in [3.05, 3.63) is 82.3 Å². The summed E-state index contributed by atoms with van der Waals surface area (Å²) < 4.78 is 6.11. The number of rotatable bonds is 14. The number of halogens is 2. The first kappa shape index (κ1) is 26.9. The zero-order valence-corrected chi connectivity index (χ0v) is 21.4. The number of unbranched alkanes of at least 4 members (excludes halogenated alkanes) is 1. The second-order valence-electron chi connectivity index (χ2n) is 8.46. The molecule has 3 aromatic carbocycles. The molecule has 0 saturated heterocycles. The summed E-state index contributed by atoms with van der Waals surface area (Å²) in [6.45, 7) is 3.84. The van der Waals surface area contributed by atoms with Crippen LogP contribution in [0, 0.1) is 0 Å². The Balaban J connectivity index is 1.54. The van der Waals surface area contributed by atoms with Crippen molar-refractivity contribution in [2.45, 2.75) is 45.2 Å². The number of carboxylic acids is 1. The van der Waals surface area contributed by atoms with Crippen LogP contribution >= 0.6 is 23.2 Å². The van der Waals surface area contributed by atoms with Crippen molar-refractivity contribution in [2.24, 2.45) is 0 Å². The van der Waals surface area contributed by atoms with E-state index in [0.29, 0.717) is 29.7 Å². The second kappa shape index (κ2) is 14.0. The largest absolute Gasteiger partial charge is 0.491 e. The van der Waals surface area contributed by atoms with Crippen molar-refractivity contribution in [3.63, 3.8) is 0 Å². The summed E-state index contributed by atoms with van der Waals surface area (Å²) >= 11 is 12.3. The van der Waals surface area contributed by atoms with E-state index in [1.165, 1.54) is 0 Å². The van der Waals surface area contributed by atoms with E-state index in [-0.39, 0.29) is 12.5 Å². The predicted octanol–water partition coefficient (Wildman–Crippen LogP) is 7.27. The smallest absolute Gasteiger partial charge is 0.304 e. The molecule has 0 bridgehead atoms. The van der Waals surface area contributed by atoms with Crippen molar-refractivity contribution in [1.82, 2.24) is 5.32 Å². The number of hydrogen-bond donors (Lipinski definition) is 3. The van der Waals surface area contributed by atoms with Gasteiger partial charge in [-0.15, -0.1) is 0 Å². The Morgan fingerprint density at radius 2 is 1.77 bits per heavy atom. The fraction of sp³-hybridized carbons (Fsp3) is 0.321. The number of benzene rings is 3. The molecule has 3 rings (SSSR count). The van der Waals surface area contributed by atoms with Crippen LogP contribution in [0.4, 0.5) is 5.69 Å². The molecule has 0 radical (unpaired) electrons. The van der Waals surface area contributed by atoms with Crippen molar-refractivity contribution in [1.29, 1.82) is 0 Å². The highest BCUT2D eigenvalue weighted by Crippen LogP contribution is 2.31. The van der Waals surface area contributed by atoms with Crippen LogP contribution < -0.4 is 15.4 Å². The molecule has 0 aliphatic heterocycles. The number of hydrogen-bond acceptors (Lipinski definition) is 4. The third-order valence-electron chi connectivity index (χ3n) is 5.62. The summed E-state index contributed by atoms with van der Waals surface area (Å²) in [6.07, 6.45) is 3.36. The lowest BCUT2D eigenvalue weighted by Gasteiger charge is -2.21. The van der Waals surface area contributed by atoms with E-state index in [0.717, 1.165) is 47.4 Å². The van der Waals surface area contributed by atoms with Crippen LogP contribution in [0.15, 0.2) is 66.7 Å². The van der Waals surface area contributed by atoms with Gasteiger partial charge in [-0.05, 0) is 53.9 Å². The first-order valence-corrected chi connectivity index (χ1v) is 12.7. The van der Waals surface area contributed by atoms with Crippen LogP contribution in [0.5, 0.6) is 5.75 Å². The summed E-state index contributed by atoms with van der Waals surface area (Å²) in [6, 6.07) is 21.8. The van der Waals surface area contributed by atoms with Crippen molar-refractivity contribution in [2.75, 3.05) is 18.5 Å². The van der Waals surface area contributed by atoms with Crippen molar-refractivity contribution >= 4 is 34.9 Å². The molecule has 3 aromatic rings. The normalized spacial score (nSPS) is 11.7. The lowest BCUT2D eigenvalue weighted by Crippen LogP contribution is -2.27. The third-order valence-corrected chi connectivity index (χ3v) is 6.17. The molecule has 0 heterocycles.